The fourth-order valence-corrected chi connectivity index (χ4v) is 2.80. The summed E-state index contributed by atoms with van der Waals surface area (Å²) in [6.07, 6.45) is 0. The van der Waals surface area contributed by atoms with Gasteiger partial charge >= 0.3 is 11.9 Å². The van der Waals surface area contributed by atoms with E-state index in [1.54, 1.807) is 0 Å². The highest BCUT2D eigenvalue weighted by molar-refractivity contribution is 6.27. The van der Waals surface area contributed by atoms with Crippen molar-refractivity contribution in [3.63, 3.8) is 0 Å². The summed E-state index contributed by atoms with van der Waals surface area (Å²) in [5, 5.41) is 27.5. The third kappa shape index (κ3) is 6.89. The minimum absolute atomic E-state index is 0.123. The van der Waals surface area contributed by atoms with Gasteiger partial charge in [0.15, 0.2) is 0 Å². The van der Waals surface area contributed by atoms with Crippen LogP contribution in [0.2, 0.25) is 0 Å². The number of carbonyl (C=O) groups is 2. The van der Waals surface area contributed by atoms with E-state index in [0.29, 0.717) is 12.1 Å². The van der Waals surface area contributed by atoms with Crippen LogP contribution < -0.4 is 5.32 Å². The lowest BCUT2D eigenvalue weighted by Crippen LogP contribution is -2.22. The Labute approximate surface area is 175 Å². The quantitative estimate of drug-likeness (QED) is 0.558. The number of aliphatic carboxylic acids is 2. The van der Waals surface area contributed by atoms with Gasteiger partial charge in [-0.1, -0.05) is 72.3 Å². The molecular formula is C24H22N2O4. The molecule has 1 unspecified atom stereocenters. The smallest absolute Gasteiger partial charge is 0.414 e. The molecule has 152 valence electrons. The lowest BCUT2D eigenvalue weighted by atomic mass is 9.97. The summed E-state index contributed by atoms with van der Waals surface area (Å²) >= 11 is 0. The number of carboxylic acids is 2. The van der Waals surface area contributed by atoms with Crippen LogP contribution in [0.5, 0.6) is 0 Å². The molecule has 0 aliphatic rings. The van der Waals surface area contributed by atoms with E-state index >= 15 is 0 Å². The summed E-state index contributed by atoms with van der Waals surface area (Å²) in [6.45, 7) is 2.81. The SMILES string of the molecule is Cc1ccc(C(NCc2cccc(C#N)c2)c2ccccc2)cc1.O=C(O)C(=O)O. The number of rotatable bonds is 5. The van der Waals surface area contributed by atoms with Crippen molar-refractivity contribution >= 4 is 11.9 Å². The second kappa shape index (κ2) is 11.1. The van der Waals surface area contributed by atoms with Crippen molar-refractivity contribution in [1.82, 2.24) is 5.32 Å². The third-order valence-electron chi connectivity index (χ3n) is 4.29. The van der Waals surface area contributed by atoms with Crippen LogP contribution in [-0.2, 0) is 16.1 Å². The fraction of sp³-hybridized carbons (Fsp3) is 0.125. The number of carboxylic acid groups (broad SMARTS) is 2. The van der Waals surface area contributed by atoms with Gasteiger partial charge in [0.2, 0.25) is 0 Å². The van der Waals surface area contributed by atoms with Gasteiger partial charge in [-0.25, -0.2) is 9.59 Å². The molecule has 0 aliphatic heterocycles. The second-order valence-corrected chi connectivity index (χ2v) is 6.56. The van der Waals surface area contributed by atoms with Gasteiger partial charge in [-0.3, -0.25) is 0 Å². The largest absolute Gasteiger partial charge is 0.473 e. The number of hydrogen-bond acceptors (Lipinski definition) is 4. The van der Waals surface area contributed by atoms with Crippen molar-refractivity contribution in [2.45, 2.75) is 19.5 Å². The van der Waals surface area contributed by atoms with E-state index < -0.39 is 11.9 Å². The normalized spacial score (nSPS) is 10.8. The van der Waals surface area contributed by atoms with E-state index in [1.165, 1.54) is 16.7 Å². The Balaban J connectivity index is 0.000000469. The Morgan fingerprint density at radius 1 is 0.900 bits per heavy atom. The van der Waals surface area contributed by atoms with Crippen molar-refractivity contribution in [3.8, 4) is 6.07 Å². The molecule has 3 rings (SSSR count). The third-order valence-corrected chi connectivity index (χ3v) is 4.29. The summed E-state index contributed by atoms with van der Waals surface area (Å²) in [5.41, 5.74) is 5.54. The van der Waals surface area contributed by atoms with Gasteiger partial charge in [-0.2, -0.15) is 5.26 Å². The minimum Gasteiger partial charge on any atom is -0.473 e. The molecule has 0 amide bonds. The average molecular weight is 402 g/mol. The molecule has 6 nitrogen and oxygen atoms in total. The Kier molecular flexibility index (Phi) is 8.30. The zero-order chi connectivity index (χ0) is 21.9. The number of benzene rings is 3. The van der Waals surface area contributed by atoms with Crippen molar-refractivity contribution in [3.05, 3.63) is 107 Å². The number of nitrogens with zero attached hydrogens (tertiary/aromatic N) is 1. The first-order valence-electron chi connectivity index (χ1n) is 9.21. The molecular weight excluding hydrogens is 380 g/mol. The molecule has 6 heteroatoms. The van der Waals surface area contributed by atoms with Gasteiger partial charge in [0.1, 0.15) is 0 Å². The first-order chi connectivity index (χ1) is 14.4. The highest BCUT2D eigenvalue weighted by atomic mass is 16.4. The Morgan fingerprint density at radius 3 is 2.07 bits per heavy atom. The first kappa shape index (κ1) is 22.3. The first-order valence-corrected chi connectivity index (χ1v) is 9.21. The summed E-state index contributed by atoms with van der Waals surface area (Å²) in [5.74, 6) is -3.65. The minimum atomic E-state index is -1.82. The Hall–Kier alpha value is -3.95. The predicted octanol–water partition coefficient (Wildman–Crippen LogP) is 3.90. The van der Waals surface area contributed by atoms with E-state index in [2.05, 4.69) is 66.8 Å². The van der Waals surface area contributed by atoms with E-state index in [9.17, 15) is 0 Å². The summed E-state index contributed by atoms with van der Waals surface area (Å²) in [6, 6.07) is 29.1. The van der Waals surface area contributed by atoms with Gasteiger partial charge in [-0.15, -0.1) is 0 Å². The Morgan fingerprint density at radius 2 is 1.50 bits per heavy atom. The number of nitrogens with one attached hydrogen (secondary N) is 1. The molecule has 0 aliphatic carbocycles. The van der Waals surface area contributed by atoms with Crippen LogP contribution >= 0.6 is 0 Å². The topological polar surface area (TPSA) is 110 Å². The van der Waals surface area contributed by atoms with Crippen LogP contribution in [0.15, 0.2) is 78.9 Å². The maximum Gasteiger partial charge on any atom is 0.414 e. The van der Waals surface area contributed by atoms with Crippen molar-refractivity contribution in [2.24, 2.45) is 0 Å². The van der Waals surface area contributed by atoms with Crippen molar-refractivity contribution in [2.75, 3.05) is 0 Å². The van der Waals surface area contributed by atoms with Gasteiger partial charge < -0.3 is 15.5 Å². The monoisotopic (exact) mass is 402 g/mol. The molecule has 3 aromatic carbocycles. The van der Waals surface area contributed by atoms with Gasteiger partial charge in [0.25, 0.3) is 0 Å². The van der Waals surface area contributed by atoms with Crippen LogP contribution in [0, 0.1) is 18.3 Å². The molecule has 1 atom stereocenters. The molecule has 30 heavy (non-hydrogen) atoms. The average Bonchev–Trinajstić information content (AvgIpc) is 2.76. The molecule has 0 fully saturated rings. The van der Waals surface area contributed by atoms with Crippen LogP contribution in [0.25, 0.3) is 0 Å². The Bertz CT molecular complexity index is 1010. The molecule has 0 aromatic heterocycles. The van der Waals surface area contributed by atoms with Crippen LogP contribution in [-0.4, -0.2) is 22.2 Å². The van der Waals surface area contributed by atoms with E-state index in [-0.39, 0.29) is 6.04 Å². The molecule has 0 bridgehead atoms. The lowest BCUT2D eigenvalue weighted by molar-refractivity contribution is -0.159. The van der Waals surface area contributed by atoms with E-state index in [1.807, 2.05) is 30.3 Å². The zero-order valence-corrected chi connectivity index (χ0v) is 16.4. The summed E-state index contributed by atoms with van der Waals surface area (Å²) in [4.78, 5) is 18.2. The van der Waals surface area contributed by atoms with Crippen molar-refractivity contribution in [1.29, 1.82) is 5.26 Å². The fourth-order valence-electron chi connectivity index (χ4n) is 2.80. The predicted molar refractivity (Wildman–Crippen MR) is 113 cm³/mol. The molecule has 0 radical (unpaired) electrons. The van der Waals surface area contributed by atoms with E-state index in [4.69, 9.17) is 25.1 Å². The molecule has 3 N–H and O–H groups in total. The standard InChI is InChI=1S/C22H20N2.C2H2O4/c1-17-10-12-21(13-11-17)22(20-8-3-2-4-9-20)24-16-19-7-5-6-18(14-19)15-23;3-1(4)2(5)6/h2-14,22,24H,16H2,1H3;(H,3,4)(H,5,6). The lowest BCUT2D eigenvalue weighted by Gasteiger charge is -2.20. The van der Waals surface area contributed by atoms with Crippen molar-refractivity contribution < 1.29 is 19.8 Å². The molecule has 0 spiro atoms. The summed E-state index contributed by atoms with van der Waals surface area (Å²) in [7, 11) is 0. The van der Waals surface area contributed by atoms with Gasteiger partial charge in [0, 0.05) is 6.54 Å². The maximum absolute atomic E-state index is 9.10. The van der Waals surface area contributed by atoms with Gasteiger partial charge in [-0.05, 0) is 35.7 Å². The zero-order valence-electron chi connectivity index (χ0n) is 16.4. The molecule has 0 saturated carbocycles. The number of aryl methyl sites for hydroxylation is 1. The highest BCUT2D eigenvalue weighted by Crippen LogP contribution is 2.23. The van der Waals surface area contributed by atoms with E-state index in [0.717, 1.165) is 5.56 Å². The summed E-state index contributed by atoms with van der Waals surface area (Å²) < 4.78 is 0. The molecule has 0 saturated heterocycles. The highest BCUT2D eigenvalue weighted by Gasteiger charge is 2.13. The number of hydrogen-bond donors (Lipinski definition) is 3. The second-order valence-electron chi connectivity index (χ2n) is 6.56. The van der Waals surface area contributed by atoms with Crippen LogP contribution in [0.1, 0.15) is 33.9 Å². The maximum atomic E-state index is 9.10. The van der Waals surface area contributed by atoms with Gasteiger partial charge in [0.05, 0.1) is 17.7 Å². The molecule has 3 aromatic rings. The van der Waals surface area contributed by atoms with Crippen LogP contribution in [0.4, 0.5) is 0 Å². The molecule has 0 heterocycles. The van der Waals surface area contributed by atoms with Crippen LogP contribution in [0.3, 0.4) is 0 Å². The number of nitriles is 1.